The van der Waals surface area contributed by atoms with Gasteiger partial charge in [0.2, 0.25) is 0 Å². The lowest BCUT2D eigenvalue weighted by molar-refractivity contribution is 0.287. The van der Waals surface area contributed by atoms with E-state index < -0.39 is 11.4 Å². The largest absolute Gasteiger partial charge is 0.490 e. The van der Waals surface area contributed by atoms with Crippen LogP contribution in [0.4, 0.5) is 0 Å². The van der Waals surface area contributed by atoms with Gasteiger partial charge in [-0.2, -0.15) is 0 Å². The second-order valence-corrected chi connectivity index (χ2v) is 6.12. The van der Waals surface area contributed by atoms with Crippen LogP contribution in [0, 0.1) is 0 Å². The van der Waals surface area contributed by atoms with Crippen molar-refractivity contribution in [3.63, 3.8) is 0 Å². The summed E-state index contributed by atoms with van der Waals surface area (Å²) < 4.78 is 11.5. The van der Waals surface area contributed by atoms with Crippen LogP contribution in [0.2, 0.25) is 15.1 Å². The number of para-hydroxylation sites is 1. The van der Waals surface area contributed by atoms with Gasteiger partial charge in [-0.05, 0) is 24.3 Å². The van der Waals surface area contributed by atoms with E-state index in [4.69, 9.17) is 44.0 Å². The highest BCUT2D eigenvalue weighted by molar-refractivity contribution is 6.35. The molecule has 0 amide bonds. The van der Waals surface area contributed by atoms with E-state index in [1.807, 2.05) is 0 Å². The lowest BCUT2D eigenvalue weighted by Gasteiger charge is -2.12. The van der Waals surface area contributed by atoms with E-state index in [-0.39, 0.29) is 23.6 Å². The van der Waals surface area contributed by atoms with E-state index >= 15 is 0 Å². The zero-order valence-corrected chi connectivity index (χ0v) is 14.4. The minimum Gasteiger partial charge on any atom is -0.490 e. The van der Waals surface area contributed by atoms with Crippen molar-refractivity contribution in [2.75, 3.05) is 6.61 Å². The molecule has 0 unspecified atom stereocenters. The van der Waals surface area contributed by atoms with Crippen molar-refractivity contribution in [2.45, 2.75) is 6.54 Å². The van der Waals surface area contributed by atoms with Crippen LogP contribution in [0.25, 0.3) is 10.9 Å². The number of hydrogen-bond acceptors (Lipinski definition) is 4. The maximum Gasteiger partial charge on any atom is 0.422 e. The van der Waals surface area contributed by atoms with Crippen molar-refractivity contribution >= 4 is 45.7 Å². The van der Waals surface area contributed by atoms with Crippen molar-refractivity contribution in [2.24, 2.45) is 0 Å². The molecule has 0 N–H and O–H groups in total. The Bertz CT molecular complexity index is 1030. The first-order valence-electron chi connectivity index (χ1n) is 6.87. The molecule has 0 aliphatic heterocycles. The van der Waals surface area contributed by atoms with E-state index in [0.29, 0.717) is 21.3 Å². The topological polar surface area (TPSA) is 61.4 Å². The molecule has 3 rings (SSSR count). The van der Waals surface area contributed by atoms with Gasteiger partial charge in [0.1, 0.15) is 12.4 Å². The summed E-state index contributed by atoms with van der Waals surface area (Å²) in [6, 6.07) is 9.56. The summed E-state index contributed by atoms with van der Waals surface area (Å²) in [6.45, 7) is 0.222. The van der Waals surface area contributed by atoms with Crippen molar-refractivity contribution in [1.29, 1.82) is 0 Å². The summed E-state index contributed by atoms with van der Waals surface area (Å²) in [7, 11) is 0. The molecule has 8 heteroatoms. The molecule has 0 aliphatic rings. The lowest BCUT2D eigenvalue weighted by atomic mass is 10.2. The second kappa shape index (κ2) is 6.89. The standard InChI is InChI=1S/C16H10Cl3NO4/c17-9-4-5-11(18)13(8-9)23-7-6-20-14-10(2-1-3-12(14)19)15(21)24-16(20)22/h1-5,8H,6-7H2. The molecule has 0 atom stereocenters. The highest BCUT2D eigenvalue weighted by atomic mass is 35.5. The van der Waals surface area contributed by atoms with Gasteiger partial charge < -0.3 is 9.15 Å². The Balaban J connectivity index is 1.92. The highest BCUT2D eigenvalue weighted by Crippen LogP contribution is 2.27. The lowest BCUT2D eigenvalue weighted by Crippen LogP contribution is -2.27. The molecule has 1 heterocycles. The zero-order valence-electron chi connectivity index (χ0n) is 12.1. The average Bonchev–Trinajstić information content (AvgIpc) is 2.54. The average molecular weight is 387 g/mol. The van der Waals surface area contributed by atoms with Gasteiger partial charge in [0.15, 0.2) is 0 Å². The third-order valence-electron chi connectivity index (χ3n) is 3.34. The first-order chi connectivity index (χ1) is 11.5. The predicted molar refractivity (Wildman–Crippen MR) is 93.7 cm³/mol. The first kappa shape index (κ1) is 16.9. The van der Waals surface area contributed by atoms with Crippen LogP contribution in [0.1, 0.15) is 0 Å². The van der Waals surface area contributed by atoms with Crippen LogP contribution in [0.3, 0.4) is 0 Å². The molecule has 0 saturated carbocycles. The van der Waals surface area contributed by atoms with Crippen molar-refractivity contribution in [3.05, 3.63) is 72.4 Å². The zero-order chi connectivity index (χ0) is 17.3. The summed E-state index contributed by atoms with van der Waals surface area (Å²) in [6.07, 6.45) is 0. The van der Waals surface area contributed by atoms with Crippen molar-refractivity contribution < 1.29 is 9.15 Å². The SMILES string of the molecule is O=c1oc(=O)n(CCOc2cc(Cl)ccc2Cl)c2c(Cl)cccc12. The fourth-order valence-electron chi connectivity index (χ4n) is 2.27. The van der Waals surface area contributed by atoms with Crippen LogP contribution in [-0.2, 0) is 6.54 Å². The third-order valence-corrected chi connectivity index (χ3v) is 4.20. The molecule has 0 aliphatic carbocycles. The van der Waals surface area contributed by atoms with Crippen molar-refractivity contribution in [3.8, 4) is 5.75 Å². The molecule has 3 aromatic rings. The Labute approximate surface area is 150 Å². The Hall–Kier alpha value is -1.95. The van der Waals surface area contributed by atoms with Gasteiger partial charge in [-0.25, -0.2) is 9.59 Å². The van der Waals surface area contributed by atoms with Crippen LogP contribution in [0.5, 0.6) is 5.75 Å². The molecule has 24 heavy (non-hydrogen) atoms. The molecule has 0 radical (unpaired) electrons. The van der Waals surface area contributed by atoms with Crippen LogP contribution in [0.15, 0.2) is 50.4 Å². The monoisotopic (exact) mass is 385 g/mol. The molecule has 2 aromatic carbocycles. The van der Waals surface area contributed by atoms with Crippen LogP contribution in [-0.4, -0.2) is 11.2 Å². The second-order valence-electron chi connectivity index (χ2n) is 4.87. The normalized spacial score (nSPS) is 11.0. The number of hydrogen-bond donors (Lipinski definition) is 0. The number of fused-ring (bicyclic) bond motifs is 1. The molecule has 1 aromatic heterocycles. The summed E-state index contributed by atoms with van der Waals surface area (Å²) in [5.74, 6) is -0.411. The maximum absolute atomic E-state index is 12.0. The number of halogens is 3. The van der Waals surface area contributed by atoms with Gasteiger partial charge in [-0.15, -0.1) is 0 Å². The highest BCUT2D eigenvalue weighted by Gasteiger charge is 2.12. The molecular weight excluding hydrogens is 377 g/mol. The third kappa shape index (κ3) is 3.29. The minimum atomic E-state index is -0.804. The Kier molecular flexibility index (Phi) is 4.85. The summed E-state index contributed by atoms with van der Waals surface area (Å²) in [4.78, 5) is 23.8. The number of rotatable bonds is 4. The Morgan fingerprint density at radius 1 is 1.04 bits per heavy atom. The summed E-state index contributed by atoms with van der Waals surface area (Å²) in [5.41, 5.74) is -0.422. The van der Waals surface area contributed by atoms with Crippen LogP contribution >= 0.6 is 34.8 Å². The molecule has 124 valence electrons. The molecule has 0 saturated heterocycles. The molecular formula is C16H10Cl3NO4. The van der Waals surface area contributed by atoms with E-state index in [1.165, 1.54) is 10.6 Å². The molecule has 0 fully saturated rings. The van der Waals surface area contributed by atoms with Crippen molar-refractivity contribution in [1.82, 2.24) is 4.57 Å². The quantitative estimate of drug-likeness (QED) is 0.680. The first-order valence-corrected chi connectivity index (χ1v) is 8.01. The van der Waals surface area contributed by atoms with Crippen LogP contribution < -0.4 is 16.1 Å². The Morgan fingerprint density at radius 3 is 2.62 bits per heavy atom. The minimum absolute atomic E-state index is 0.105. The Morgan fingerprint density at radius 2 is 1.83 bits per heavy atom. The van der Waals surface area contributed by atoms with Gasteiger partial charge in [0.25, 0.3) is 0 Å². The van der Waals surface area contributed by atoms with Gasteiger partial charge in [0.05, 0.1) is 27.5 Å². The smallest absolute Gasteiger partial charge is 0.422 e. The fourth-order valence-corrected chi connectivity index (χ4v) is 2.88. The molecule has 0 bridgehead atoms. The van der Waals surface area contributed by atoms with Gasteiger partial charge in [0, 0.05) is 11.1 Å². The maximum atomic E-state index is 12.0. The van der Waals surface area contributed by atoms with Gasteiger partial charge in [-0.1, -0.05) is 40.9 Å². The van der Waals surface area contributed by atoms with Gasteiger partial charge in [-0.3, -0.25) is 4.57 Å². The summed E-state index contributed by atoms with van der Waals surface area (Å²) in [5, 5.41) is 1.38. The van der Waals surface area contributed by atoms with E-state index in [9.17, 15) is 9.59 Å². The molecule has 5 nitrogen and oxygen atoms in total. The predicted octanol–water partition coefficient (Wildman–Crippen LogP) is 3.99. The number of aromatic nitrogens is 1. The molecule has 0 spiro atoms. The van der Waals surface area contributed by atoms with E-state index in [1.54, 1.807) is 30.3 Å². The fraction of sp³-hybridized carbons (Fsp3) is 0.125. The van der Waals surface area contributed by atoms with Gasteiger partial charge >= 0.3 is 11.4 Å². The van der Waals surface area contributed by atoms with E-state index in [0.717, 1.165) is 0 Å². The number of nitrogens with zero attached hydrogens (tertiary/aromatic N) is 1. The van der Waals surface area contributed by atoms with E-state index in [2.05, 4.69) is 0 Å². The summed E-state index contributed by atoms with van der Waals surface area (Å²) >= 11 is 18.0. The number of benzene rings is 2. The number of ether oxygens (including phenoxy) is 1.